The fourth-order valence-corrected chi connectivity index (χ4v) is 2.15. The van der Waals surface area contributed by atoms with Gasteiger partial charge in [-0.15, -0.1) is 0 Å². The smallest absolute Gasteiger partial charge is 0.138 e. The molecule has 1 aromatic heterocycles. The largest absolute Gasteiger partial charge is 0.388 e. The monoisotopic (exact) mass is 257 g/mol. The van der Waals surface area contributed by atoms with Crippen LogP contribution in [0.4, 0.5) is 5.69 Å². The Morgan fingerprint density at radius 3 is 2.56 bits per heavy atom. The number of benzene rings is 2. The number of imidazole rings is 1. The molecule has 0 fully saturated rings. The Balaban J connectivity index is 2.10. The van der Waals surface area contributed by atoms with E-state index in [1.807, 2.05) is 49.5 Å². The highest BCUT2D eigenvalue weighted by atomic mass is 35.5. The normalized spacial score (nSPS) is 10.8. The molecule has 0 aliphatic rings. The third-order valence-electron chi connectivity index (χ3n) is 2.91. The van der Waals surface area contributed by atoms with Crippen LogP contribution in [-0.4, -0.2) is 17.0 Å². The van der Waals surface area contributed by atoms with Crippen molar-refractivity contribution in [2.75, 3.05) is 12.4 Å². The third kappa shape index (κ3) is 1.83. The molecule has 0 bridgehead atoms. The van der Waals surface area contributed by atoms with E-state index in [9.17, 15) is 0 Å². The highest BCUT2D eigenvalue weighted by Crippen LogP contribution is 2.26. The van der Waals surface area contributed by atoms with Gasteiger partial charge in [0, 0.05) is 18.3 Å². The van der Waals surface area contributed by atoms with E-state index in [1.54, 1.807) is 0 Å². The molecule has 4 heteroatoms. The number of nitrogens with zero attached hydrogens (tertiary/aromatic N) is 1. The van der Waals surface area contributed by atoms with Crippen LogP contribution < -0.4 is 5.32 Å². The quantitative estimate of drug-likeness (QED) is 0.730. The van der Waals surface area contributed by atoms with Crippen LogP contribution in [-0.2, 0) is 0 Å². The molecular formula is C14H12ClN3. The van der Waals surface area contributed by atoms with Crippen molar-refractivity contribution in [3.8, 4) is 11.4 Å². The van der Waals surface area contributed by atoms with Crippen LogP contribution in [0.5, 0.6) is 0 Å². The van der Waals surface area contributed by atoms with E-state index in [2.05, 4.69) is 15.3 Å². The Morgan fingerprint density at radius 1 is 1.11 bits per heavy atom. The Kier molecular flexibility index (Phi) is 2.68. The molecule has 2 aromatic carbocycles. The van der Waals surface area contributed by atoms with Crippen LogP contribution in [0.15, 0.2) is 42.5 Å². The maximum atomic E-state index is 6.11. The van der Waals surface area contributed by atoms with Crippen molar-refractivity contribution in [1.29, 1.82) is 0 Å². The number of H-pyrrole nitrogens is 1. The summed E-state index contributed by atoms with van der Waals surface area (Å²) >= 11 is 6.11. The molecule has 0 spiro atoms. The number of fused-ring (bicyclic) bond motifs is 1. The Morgan fingerprint density at radius 2 is 1.89 bits per heavy atom. The van der Waals surface area contributed by atoms with Gasteiger partial charge < -0.3 is 10.3 Å². The second-order valence-electron chi connectivity index (χ2n) is 4.05. The van der Waals surface area contributed by atoms with Gasteiger partial charge in [0.2, 0.25) is 0 Å². The van der Waals surface area contributed by atoms with Gasteiger partial charge in [-0.05, 0) is 36.4 Å². The van der Waals surface area contributed by atoms with Crippen molar-refractivity contribution in [3.63, 3.8) is 0 Å². The van der Waals surface area contributed by atoms with Gasteiger partial charge in [-0.25, -0.2) is 4.98 Å². The number of hydrogen-bond acceptors (Lipinski definition) is 2. The summed E-state index contributed by atoms with van der Waals surface area (Å²) in [6.45, 7) is 0. The SMILES string of the molecule is CNc1ccc(-c2nc3c(Cl)cccc3[nH]2)cc1. The molecule has 1 heterocycles. The van der Waals surface area contributed by atoms with E-state index >= 15 is 0 Å². The van der Waals surface area contributed by atoms with E-state index in [4.69, 9.17) is 11.6 Å². The average molecular weight is 258 g/mol. The fourth-order valence-electron chi connectivity index (χ4n) is 1.93. The van der Waals surface area contributed by atoms with E-state index < -0.39 is 0 Å². The Labute approximate surface area is 110 Å². The lowest BCUT2D eigenvalue weighted by Gasteiger charge is -2.00. The number of anilines is 1. The van der Waals surface area contributed by atoms with Gasteiger partial charge in [0.25, 0.3) is 0 Å². The van der Waals surface area contributed by atoms with Gasteiger partial charge in [0.05, 0.1) is 10.5 Å². The number of aromatic nitrogens is 2. The van der Waals surface area contributed by atoms with Crippen molar-refractivity contribution in [1.82, 2.24) is 9.97 Å². The number of nitrogens with one attached hydrogen (secondary N) is 2. The zero-order valence-corrected chi connectivity index (χ0v) is 10.6. The predicted octanol–water partition coefficient (Wildman–Crippen LogP) is 3.93. The minimum atomic E-state index is 0.668. The molecule has 0 unspecified atom stereocenters. The molecule has 18 heavy (non-hydrogen) atoms. The number of aromatic amines is 1. The summed E-state index contributed by atoms with van der Waals surface area (Å²) in [5, 5.41) is 3.76. The molecule has 0 saturated carbocycles. The molecule has 3 rings (SSSR count). The number of para-hydroxylation sites is 1. The molecule has 0 amide bonds. The van der Waals surface area contributed by atoms with E-state index in [1.165, 1.54) is 0 Å². The van der Waals surface area contributed by atoms with Gasteiger partial charge in [-0.3, -0.25) is 0 Å². The summed E-state index contributed by atoms with van der Waals surface area (Å²) in [5.74, 6) is 0.834. The minimum Gasteiger partial charge on any atom is -0.388 e. The lowest BCUT2D eigenvalue weighted by Crippen LogP contribution is -1.87. The Bertz CT molecular complexity index is 686. The van der Waals surface area contributed by atoms with Crippen LogP contribution in [0.25, 0.3) is 22.4 Å². The van der Waals surface area contributed by atoms with Crippen molar-refractivity contribution < 1.29 is 0 Å². The molecule has 90 valence electrons. The first-order valence-corrected chi connectivity index (χ1v) is 6.08. The number of hydrogen-bond donors (Lipinski definition) is 2. The van der Waals surface area contributed by atoms with Crippen LogP contribution >= 0.6 is 11.6 Å². The molecule has 0 radical (unpaired) electrons. The zero-order valence-electron chi connectivity index (χ0n) is 9.87. The topological polar surface area (TPSA) is 40.7 Å². The van der Waals surface area contributed by atoms with Gasteiger partial charge in [-0.2, -0.15) is 0 Å². The second-order valence-corrected chi connectivity index (χ2v) is 4.46. The predicted molar refractivity (Wildman–Crippen MR) is 76.1 cm³/mol. The standard InChI is InChI=1S/C14H12ClN3/c1-16-10-7-5-9(6-8-10)14-17-12-4-2-3-11(15)13(12)18-14/h2-8,16H,1H3,(H,17,18). The first-order valence-electron chi connectivity index (χ1n) is 5.70. The number of rotatable bonds is 2. The lowest BCUT2D eigenvalue weighted by atomic mass is 10.2. The van der Waals surface area contributed by atoms with E-state index in [0.717, 1.165) is 28.1 Å². The second kappa shape index (κ2) is 4.35. The van der Waals surface area contributed by atoms with Crippen LogP contribution in [0.3, 0.4) is 0 Å². The van der Waals surface area contributed by atoms with Gasteiger partial charge in [0.1, 0.15) is 11.3 Å². The molecule has 3 nitrogen and oxygen atoms in total. The van der Waals surface area contributed by atoms with Crippen molar-refractivity contribution in [2.24, 2.45) is 0 Å². The summed E-state index contributed by atoms with van der Waals surface area (Å²) < 4.78 is 0. The van der Waals surface area contributed by atoms with Crippen molar-refractivity contribution >= 4 is 28.3 Å². The Hall–Kier alpha value is -2.00. The van der Waals surface area contributed by atoms with Crippen molar-refractivity contribution in [2.45, 2.75) is 0 Å². The summed E-state index contributed by atoms with van der Waals surface area (Å²) in [7, 11) is 1.90. The highest BCUT2D eigenvalue weighted by Gasteiger charge is 2.07. The minimum absolute atomic E-state index is 0.668. The van der Waals surface area contributed by atoms with Gasteiger partial charge in [0.15, 0.2) is 0 Å². The third-order valence-corrected chi connectivity index (χ3v) is 3.22. The lowest BCUT2D eigenvalue weighted by molar-refractivity contribution is 1.33. The van der Waals surface area contributed by atoms with E-state index in [-0.39, 0.29) is 0 Å². The van der Waals surface area contributed by atoms with Gasteiger partial charge in [-0.1, -0.05) is 17.7 Å². The first-order chi connectivity index (χ1) is 8.78. The molecule has 0 aliphatic heterocycles. The van der Waals surface area contributed by atoms with Crippen molar-refractivity contribution in [3.05, 3.63) is 47.5 Å². The highest BCUT2D eigenvalue weighted by molar-refractivity contribution is 6.34. The van der Waals surface area contributed by atoms with Crippen LogP contribution in [0, 0.1) is 0 Å². The van der Waals surface area contributed by atoms with Gasteiger partial charge >= 0.3 is 0 Å². The molecule has 0 atom stereocenters. The first kappa shape index (κ1) is 11.1. The zero-order chi connectivity index (χ0) is 12.5. The summed E-state index contributed by atoms with van der Waals surface area (Å²) in [6.07, 6.45) is 0. The maximum absolute atomic E-state index is 6.11. The molecule has 2 N–H and O–H groups in total. The molecule has 0 aliphatic carbocycles. The maximum Gasteiger partial charge on any atom is 0.138 e. The average Bonchev–Trinajstić information content (AvgIpc) is 2.84. The number of halogens is 1. The molecule has 3 aromatic rings. The summed E-state index contributed by atoms with van der Waals surface area (Å²) in [4.78, 5) is 7.80. The van der Waals surface area contributed by atoms with Crippen LogP contribution in [0.1, 0.15) is 0 Å². The fraction of sp³-hybridized carbons (Fsp3) is 0.0714. The van der Waals surface area contributed by atoms with E-state index in [0.29, 0.717) is 5.02 Å². The summed E-state index contributed by atoms with van der Waals surface area (Å²) in [5.41, 5.74) is 3.89. The molecular weight excluding hydrogens is 246 g/mol. The van der Waals surface area contributed by atoms with Crippen LogP contribution in [0.2, 0.25) is 5.02 Å². The molecule has 0 saturated heterocycles. The summed E-state index contributed by atoms with van der Waals surface area (Å²) in [6, 6.07) is 13.8.